The molecule has 0 saturated carbocycles. The van der Waals surface area contributed by atoms with Gasteiger partial charge in [0.2, 0.25) is 10.0 Å². The van der Waals surface area contributed by atoms with E-state index in [1.54, 1.807) is 13.0 Å². The number of nitrogens with one attached hydrogen (secondary N) is 1. The molecular weight excluding hydrogens is 319 g/mol. The molecule has 7 heteroatoms. The lowest BCUT2D eigenvalue weighted by molar-refractivity contribution is -0.125. The van der Waals surface area contributed by atoms with Crippen LogP contribution in [0, 0.1) is 12.7 Å². The highest BCUT2D eigenvalue weighted by molar-refractivity contribution is 7.89. The predicted octanol–water partition coefficient (Wildman–Crippen LogP) is 1.95. The molecule has 1 aliphatic rings. The summed E-state index contributed by atoms with van der Waals surface area (Å²) in [5.74, 6) is -1.63. The molecule has 1 saturated heterocycles. The van der Waals surface area contributed by atoms with Crippen LogP contribution in [0.25, 0.3) is 0 Å². The van der Waals surface area contributed by atoms with Crippen LogP contribution in [0.1, 0.15) is 37.3 Å². The average molecular weight is 342 g/mol. The van der Waals surface area contributed by atoms with E-state index in [0.29, 0.717) is 18.5 Å². The molecule has 1 N–H and O–H groups in total. The largest absolute Gasteiger partial charge is 0.292 e. The Morgan fingerprint density at radius 3 is 2.78 bits per heavy atom. The number of likely N-dealkylation sites (tertiary alicyclic amines) is 1. The summed E-state index contributed by atoms with van der Waals surface area (Å²) in [4.78, 5) is 14.3. The molecule has 1 aromatic carbocycles. The van der Waals surface area contributed by atoms with Crippen molar-refractivity contribution in [3.05, 3.63) is 35.1 Å². The molecule has 128 valence electrons. The van der Waals surface area contributed by atoms with Gasteiger partial charge in [-0.15, -0.1) is 0 Å². The Labute approximate surface area is 136 Å². The number of rotatable bonds is 5. The maximum absolute atomic E-state index is 13.8. The standard InChI is InChI=1S/C16H23FN2O3S/c1-3-19-9-5-4-6-15(19)16(20)18-23(21,22)11-13-8-7-12(2)10-14(13)17/h7-8,10,15H,3-6,9,11H2,1-2H3,(H,18,20). The molecule has 23 heavy (non-hydrogen) atoms. The molecule has 0 bridgehead atoms. The van der Waals surface area contributed by atoms with Gasteiger partial charge >= 0.3 is 0 Å². The van der Waals surface area contributed by atoms with Crippen molar-refractivity contribution in [1.82, 2.24) is 9.62 Å². The van der Waals surface area contributed by atoms with Crippen molar-refractivity contribution in [2.24, 2.45) is 0 Å². The van der Waals surface area contributed by atoms with E-state index >= 15 is 0 Å². The van der Waals surface area contributed by atoms with Gasteiger partial charge in [-0.25, -0.2) is 12.8 Å². The van der Waals surface area contributed by atoms with Crippen LogP contribution in [0.3, 0.4) is 0 Å². The molecule has 1 unspecified atom stereocenters. The molecule has 5 nitrogen and oxygen atoms in total. The highest BCUT2D eigenvalue weighted by Gasteiger charge is 2.30. The average Bonchev–Trinajstić information content (AvgIpc) is 2.49. The second kappa shape index (κ2) is 7.40. The van der Waals surface area contributed by atoms with Crippen LogP contribution >= 0.6 is 0 Å². The number of hydrogen-bond acceptors (Lipinski definition) is 4. The van der Waals surface area contributed by atoms with Gasteiger partial charge in [0.25, 0.3) is 5.91 Å². The van der Waals surface area contributed by atoms with Gasteiger partial charge in [-0.3, -0.25) is 14.4 Å². The van der Waals surface area contributed by atoms with Crippen molar-refractivity contribution in [3.8, 4) is 0 Å². The lowest BCUT2D eigenvalue weighted by Crippen LogP contribution is -2.50. The smallest absolute Gasteiger partial charge is 0.250 e. The van der Waals surface area contributed by atoms with E-state index in [4.69, 9.17) is 0 Å². The number of halogens is 1. The van der Waals surface area contributed by atoms with E-state index in [0.717, 1.165) is 19.4 Å². The monoisotopic (exact) mass is 342 g/mol. The summed E-state index contributed by atoms with van der Waals surface area (Å²) in [5, 5.41) is 0. The van der Waals surface area contributed by atoms with Gasteiger partial charge in [0.05, 0.1) is 11.8 Å². The van der Waals surface area contributed by atoms with Crippen LogP contribution < -0.4 is 4.72 Å². The third kappa shape index (κ3) is 4.75. The zero-order valence-electron chi connectivity index (χ0n) is 13.5. The summed E-state index contributed by atoms with van der Waals surface area (Å²) >= 11 is 0. The number of benzene rings is 1. The quantitative estimate of drug-likeness (QED) is 0.888. The fourth-order valence-corrected chi connectivity index (χ4v) is 4.06. The third-order valence-electron chi connectivity index (χ3n) is 4.13. The molecule has 1 amide bonds. The molecule has 0 radical (unpaired) electrons. The maximum atomic E-state index is 13.8. The zero-order valence-corrected chi connectivity index (χ0v) is 14.3. The summed E-state index contributed by atoms with van der Waals surface area (Å²) < 4.78 is 40.2. The summed E-state index contributed by atoms with van der Waals surface area (Å²) in [7, 11) is -3.92. The van der Waals surface area contributed by atoms with E-state index < -0.39 is 33.5 Å². The molecule has 0 spiro atoms. The van der Waals surface area contributed by atoms with Crippen LogP contribution in [0.2, 0.25) is 0 Å². The lowest BCUT2D eigenvalue weighted by Gasteiger charge is -2.33. The van der Waals surface area contributed by atoms with Crippen molar-refractivity contribution >= 4 is 15.9 Å². The number of likely N-dealkylation sites (N-methyl/N-ethyl adjacent to an activating group) is 1. The van der Waals surface area contributed by atoms with E-state index in [2.05, 4.69) is 4.72 Å². The second-order valence-electron chi connectivity index (χ2n) is 5.96. The molecule has 0 aliphatic carbocycles. The van der Waals surface area contributed by atoms with E-state index in [-0.39, 0.29) is 5.56 Å². The minimum atomic E-state index is -3.92. The van der Waals surface area contributed by atoms with E-state index in [9.17, 15) is 17.6 Å². The molecule has 1 aliphatic heterocycles. The molecule has 1 heterocycles. The van der Waals surface area contributed by atoms with Gasteiger partial charge in [0.15, 0.2) is 0 Å². The van der Waals surface area contributed by atoms with Gasteiger partial charge in [-0.1, -0.05) is 25.5 Å². The minimum Gasteiger partial charge on any atom is -0.292 e. The first-order valence-electron chi connectivity index (χ1n) is 7.86. The molecular formula is C16H23FN2O3S. The number of amides is 1. The van der Waals surface area contributed by atoms with Crippen molar-refractivity contribution in [1.29, 1.82) is 0 Å². The van der Waals surface area contributed by atoms with Gasteiger partial charge in [-0.05, 0) is 44.5 Å². The molecule has 1 aromatic rings. The van der Waals surface area contributed by atoms with Crippen molar-refractivity contribution < 1.29 is 17.6 Å². The first-order valence-corrected chi connectivity index (χ1v) is 9.51. The highest BCUT2D eigenvalue weighted by atomic mass is 32.2. The number of carbonyl (C=O) groups excluding carboxylic acids is 1. The first-order chi connectivity index (χ1) is 10.8. The van der Waals surface area contributed by atoms with Crippen LogP contribution in [0.4, 0.5) is 4.39 Å². The Bertz CT molecular complexity index is 676. The van der Waals surface area contributed by atoms with Gasteiger partial charge in [0.1, 0.15) is 5.82 Å². The van der Waals surface area contributed by atoms with Crippen LogP contribution in [-0.2, 0) is 20.6 Å². The number of hydrogen-bond donors (Lipinski definition) is 1. The Balaban J connectivity index is 2.06. The summed E-state index contributed by atoms with van der Waals surface area (Å²) in [6, 6.07) is 3.95. The number of sulfonamides is 1. The molecule has 1 atom stereocenters. The van der Waals surface area contributed by atoms with Crippen LogP contribution in [-0.4, -0.2) is 38.4 Å². The van der Waals surface area contributed by atoms with Gasteiger partial charge < -0.3 is 0 Å². The van der Waals surface area contributed by atoms with Gasteiger partial charge in [-0.2, -0.15) is 0 Å². The SMILES string of the molecule is CCN1CCCCC1C(=O)NS(=O)(=O)Cc1ccc(C)cc1F. The summed E-state index contributed by atoms with van der Waals surface area (Å²) in [6.07, 6.45) is 2.56. The second-order valence-corrected chi connectivity index (χ2v) is 7.68. The van der Waals surface area contributed by atoms with Crippen molar-refractivity contribution in [2.45, 2.75) is 44.9 Å². The summed E-state index contributed by atoms with van der Waals surface area (Å²) in [6.45, 7) is 5.17. The highest BCUT2D eigenvalue weighted by Crippen LogP contribution is 2.18. The number of nitrogens with zero attached hydrogens (tertiary/aromatic N) is 1. The first kappa shape index (κ1) is 17.9. The normalized spacial score (nSPS) is 19.5. The summed E-state index contributed by atoms with van der Waals surface area (Å²) in [5.41, 5.74) is 0.778. The van der Waals surface area contributed by atoms with E-state index in [1.807, 2.05) is 11.8 Å². The molecule has 0 aromatic heterocycles. The fraction of sp³-hybridized carbons (Fsp3) is 0.562. The fourth-order valence-electron chi connectivity index (χ4n) is 2.90. The van der Waals surface area contributed by atoms with Crippen molar-refractivity contribution in [2.75, 3.05) is 13.1 Å². The Morgan fingerprint density at radius 2 is 2.13 bits per heavy atom. The van der Waals surface area contributed by atoms with Crippen molar-refractivity contribution in [3.63, 3.8) is 0 Å². The number of aryl methyl sites for hydroxylation is 1. The molecule has 2 rings (SSSR count). The minimum absolute atomic E-state index is 0.0619. The molecule has 1 fully saturated rings. The van der Waals surface area contributed by atoms with Gasteiger partial charge in [0, 0.05) is 5.56 Å². The number of piperidine rings is 1. The van der Waals surface area contributed by atoms with E-state index in [1.165, 1.54) is 12.1 Å². The van der Waals surface area contributed by atoms with Crippen LogP contribution in [0.15, 0.2) is 18.2 Å². The van der Waals surface area contributed by atoms with Crippen LogP contribution in [0.5, 0.6) is 0 Å². The zero-order chi connectivity index (χ0) is 17.0. The maximum Gasteiger partial charge on any atom is 0.250 e. The Kier molecular flexibility index (Phi) is 5.75. The number of carbonyl (C=O) groups is 1. The topological polar surface area (TPSA) is 66.5 Å². The Hall–Kier alpha value is -1.47. The Morgan fingerprint density at radius 1 is 1.39 bits per heavy atom. The predicted molar refractivity (Wildman–Crippen MR) is 86.8 cm³/mol. The lowest BCUT2D eigenvalue weighted by atomic mass is 10.0. The third-order valence-corrected chi connectivity index (χ3v) is 5.34.